The Balaban J connectivity index is 1.49. The van der Waals surface area contributed by atoms with Gasteiger partial charge in [-0.2, -0.15) is 4.31 Å². The third-order valence-electron chi connectivity index (χ3n) is 4.62. The lowest BCUT2D eigenvalue weighted by atomic mass is 10.3. The molecule has 1 fully saturated rings. The predicted molar refractivity (Wildman–Crippen MR) is 105 cm³/mol. The molecular weight excluding hydrogens is 380 g/mol. The van der Waals surface area contributed by atoms with Crippen LogP contribution in [0.2, 0.25) is 0 Å². The topological polar surface area (TPSA) is 76.2 Å². The molecule has 1 heterocycles. The quantitative estimate of drug-likeness (QED) is 0.706. The summed E-state index contributed by atoms with van der Waals surface area (Å²) in [4.78, 5) is 14.3. The van der Waals surface area contributed by atoms with Crippen LogP contribution < -0.4 is 9.47 Å². The number of carbonyl (C=O) groups is 1. The highest BCUT2D eigenvalue weighted by atomic mass is 32.2. The molecule has 3 rings (SSSR count). The Labute approximate surface area is 165 Å². The maximum absolute atomic E-state index is 12.8. The van der Waals surface area contributed by atoms with Gasteiger partial charge in [-0.1, -0.05) is 18.2 Å². The number of sulfonamides is 1. The van der Waals surface area contributed by atoms with Gasteiger partial charge in [0, 0.05) is 26.2 Å². The number of methoxy groups -OCH3 is 1. The number of para-hydroxylation sites is 1. The molecule has 0 saturated carbocycles. The van der Waals surface area contributed by atoms with Gasteiger partial charge in [0.2, 0.25) is 15.9 Å². The zero-order chi connectivity index (χ0) is 20.0. The fourth-order valence-corrected chi connectivity index (χ4v) is 4.43. The van der Waals surface area contributed by atoms with E-state index < -0.39 is 10.0 Å². The minimum absolute atomic E-state index is 0.0302. The van der Waals surface area contributed by atoms with Crippen LogP contribution in [0.15, 0.2) is 59.5 Å². The molecule has 2 aromatic rings. The molecule has 2 aromatic carbocycles. The van der Waals surface area contributed by atoms with E-state index in [1.165, 1.54) is 23.5 Å². The fraction of sp³-hybridized carbons (Fsp3) is 0.350. The molecule has 1 aliphatic rings. The minimum atomic E-state index is -3.57. The van der Waals surface area contributed by atoms with Crippen molar-refractivity contribution in [2.75, 3.05) is 39.9 Å². The Kier molecular flexibility index (Phi) is 6.53. The van der Waals surface area contributed by atoms with Crippen LogP contribution in [0.25, 0.3) is 0 Å². The SMILES string of the molecule is COc1ccc(S(=O)(=O)N2CCN(C(=O)CCOc3ccccc3)CC2)cc1. The average Bonchev–Trinajstić information content (AvgIpc) is 2.74. The maximum Gasteiger partial charge on any atom is 0.243 e. The third kappa shape index (κ3) is 4.82. The molecule has 0 aliphatic carbocycles. The number of amides is 1. The molecule has 1 saturated heterocycles. The van der Waals surface area contributed by atoms with E-state index in [0.717, 1.165) is 5.75 Å². The summed E-state index contributed by atoms with van der Waals surface area (Å²) >= 11 is 0. The van der Waals surface area contributed by atoms with E-state index >= 15 is 0 Å². The number of piperazine rings is 1. The monoisotopic (exact) mass is 404 g/mol. The largest absolute Gasteiger partial charge is 0.497 e. The van der Waals surface area contributed by atoms with Crippen LogP contribution in [0, 0.1) is 0 Å². The van der Waals surface area contributed by atoms with Gasteiger partial charge in [-0.15, -0.1) is 0 Å². The zero-order valence-electron chi connectivity index (χ0n) is 15.8. The molecule has 28 heavy (non-hydrogen) atoms. The standard InChI is InChI=1S/C20H24N2O5S/c1-26-17-7-9-19(10-8-17)28(24,25)22-14-12-21(13-15-22)20(23)11-16-27-18-5-3-2-4-6-18/h2-10H,11-16H2,1H3. The van der Waals surface area contributed by atoms with Gasteiger partial charge in [-0.25, -0.2) is 8.42 Å². The third-order valence-corrected chi connectivity index (χ3v) is 6.53. The summed E-state index contributed by atoms with van der Waals surface area (Å²) in [7, 11) is -2.04. The van der Waals surface area contributed by atoms with E-state index in [9.17, 15) is 13.2 Å². The van der Waals surface area contributed by atoms with Crippen molar-refractivity contribution in [2.24, 2.45) is 0 Å². The number of carbonyl (C=O) groups excluding carboxylic acids is 1. The van der Waals surface area contributed by atoms with Crippen molar-refractivity contribution in [3.05, 3.63) is 54.6 Å². The van der Waals surface area contributed by atoms with E-state index in [2.05, 4.69) is 0 Å². The molecule has 0 aromatic heterocycles. The van der Waals surface area contributed by atoms with Crippen LogP contribution in [0.1, 0.15) is 6.42 Å². The predicted octanol–water partition coefficient (Wildman–Crippen LogP) is 2.00. The summed E-state index contributed by atoms with van der Waals surface area (Å²) < 4.78 is 37.5. The molecule has 8 heteroatoms. The molecule has 1 aliphatic heterocycles. The summed E-state index contributed by atoms with van der Waals surface area (Å²) in [5.74, 6) is 1.30. The Morgan fingerprint density at radius 1 is 0.929 bits per heavy atom. The van der Waals surface area contributed by atoms with Crippen LogP contribution in [0.3, 0.4) is 0 Å². The van der Waals surface area contributed by atoms with Gasteiger partial charge in [0.25, 0.3) is 0 Å². The van der Waals surface area contributed by atoms with E-state index in [0.29, 0.717) is 25.4 Å². The number of nitrogens with zero attached hydrogens (tertiary/aromatic N) is 2. The second-order valence-electron chi connectivity index (χ2n) is 6.37. The van der Waals surface area contributed by atoms with E-state index in [4.69, 9.17) is 9.47 Å². The smallest absolute Gasteiger partial charge is 0.243 e. The highest BCUT2D eigenvalue weighted by Crippen LogP contribution is 2.21. The van der Waals surface area contributed by atoms with Crippen molar-refractivity contribution >= 4 is 15.9 Å². The lowest BCUT2D eigenvalue weighted by Crippen LogP contribution is -2.50. The van der Waals surface area contributed by atoms with Gasteiger partial charge in [0.1, 0.15) is 11.5 Å². The first-order chi connectivity index (χ1) is 13.5. The maximum atomic E-state index is 12.8. The van der Waals surface area contributed by atoms with E-state index in [1.54, 1.807) is 17.0 Å². The molecule has 150 valence electrons. The molecular formula is C20H24N2O5S. The van der Waals surface area contributed by atoms with Gasteiger partial charge in [-0.05, 0) is 36.4 Å². The molecule has 0 spiro atoms. The summed E-state index contributed by atoms with van der Waals surface area (Å²) in [6.07, 6.45) is 0.264. The normalized spacial score (nSPS) is 15.2. The van der Waals surface area contributed by atoms with E-state index in [-0.39, 0.29) is 30.3 Å². The highest BCUT2D eigenvalue weighted by molar-refractivity contribution is 7.89. The van der Waals surface area contributed by atoms with Gasteiger partial charge < -0.3 is 14.4 Å². The van der Waals surface area contributed by atoms with Crippen molar-refractivity contribution in [3.63, 3.8) is 0 Å². The Morgan fingerprint density at radius 2 is 1.57 bits per heavy atom. The Hall–Kier alpha value is -2.58. The highest BCUT2D eigenvalue weighted by Gasteiger charge is 2.30. The summed E-state index contributed by atoms with van der Waals surface area (Å²) in [5, 5.41) is 0. The molecule has 1 amide bonds. The molecule has 7 nitrogen and oxygen atoms in total. The van der Waals surface area contributed by atoms with Crippen molar-refractivity contribution in [1.29, 1.82) is 0 Å². The van der Waals surface area contributed by atoms with Gasteiger partial charge in [0.15, 0.2) is 0 Å². The van der Waals surface area contributed by atoms with Crippen molar-refractivity contribution in [2.45, 2.75) is 11.3 Å². The van der Waals surface area contributed by atoms with E-state index in [1.807, 2.05) is 30.3 Å². The molecule has 0 N–H and O–H groups in total. The van der Waals surface area contributed by atoms with Crippen LogP contribution in [0.4, 0.5) is 0 Å². The summed E-state index contributed by atoms with van der Waals surface area (Å²) in [5.41, 5.74) is 0. The lowest BCUT2D eigenvalue weighted by molar-refractivity contribution is -0.132. The van der Waals surface area contributed by atoms with Gasteiger partial charge >= 0.3 is 0 Å². The minimum Gasteiger partial charge on any atom is -0.497 e. The van der Waals surface area contributed by atoms with Crippen molar-refractivity contribution in [1.82, 2.24) is 9.21 Å². The number of benzene rings is 2. The van der Waals surface area contributed by atoms with Crippen LogP contribution in [-0.2, 0) is 14.8 Å². The number of hydrogen-bond acceptors (Lipinski definition) is 5. The van der Waals surface area contributed by atoms with Crippen LogP contribution >= 0.6 is 0 Å². The second kappa shape index (κ2) is 9.07. The lowest BCUT2D eigenvalue weighted by Gasteiger charge is -2.34. The van der Waals surface area contributed by atoms with Gasteiger partial charge in [-0.3, -0.25) is 4.79 Å². The first-order valence-electron chi connectivity index (χ1n) is 9.10. The first kappa shape index (κ1) is 20.2. The number of rotatable bonds is 7. The molecule has 0 bridgehead atoms. The number of ether oxygens (including phenoxy) is 2. The second-order valence-corrected chi connectivity index (χ2v) is 8.31. The van der Waals surface area contributed by atoms with Crippen LogP contribution in [0.5, 0.6) is 11.5 Å². The number of hydrogen-bond donors (Lipinski definition) is 0. The first-order valence-corrected chi connectivity index (χ1v) is 10.5. The fourth-order valence-electron chi connectivity index (χ4n) is 3.01. The average molecular weight is 404 g/mol. The zero-order valence-corrected chi connectivity index (χ0v) is 16.6. The summed E-state index contributed by atoms with van der Waals surface area (Å²) in [6, 6.07) is 15.6. The van der Waals surface area contributed by atoms with Gasteiger partial charge in [0.05, 0.1) is 25.0 Å². The van der Waals surface area contributed by atoms with Crippen molar-refractivity contribution in [3.8, 4) is 11.5 Å². The Bertz CT molecular complexity index is 877. The molecule has 0 radical (unpaired) electrons. The molecule has 0 unspecified atom stereocenters. The molecule has 0 atom stereocenters. The van der Waals surface area contributed by atoms with Crippen LogP contribution in [-0.4, -0.2) is 63.4 Å². The van der Waals surface area contributed by atoms with Crippen molar-refractivity contribution < 1.29 is 22.7 Å². The Morgan fingerprint density at radius 3 is 2.18 bits per heavy atom. The summed E-state index contributed by atoms with van der Waals surface area (Å²) in [6.45, 7) is 1.60.